The molecular weight excluding hydrogens is 200 g/mol. The van der Waals surface area contributed by atoms with Crippen LogP contribution in [0.25, 0.3) is 0 Å². The van der Waals surface area contributed by atoms with E-state index in [1.165, 1.54) is 5.56 Å². The van der Waals surface area contributed by atoms with Gasteiger partial charge >= 0.3 is 0 Å². The molecule has 2 aromatic rings. The molecule has 0 saturated heterocycles. The van der Waals surface area contributed by atoms with Crippen molar-refractivity contribution in [1.82, 2.24) is 10.3 Å². The van der Waals surface area contributed by atoms with E-state index >= 15 is 0 Å². The Kier molecular flexibility index (Phi) is 3.37. The van der Waals surface area contributed by atoms with Gasteiger partial charge in [-0.05, 0) is 19.5 Å². The first-order chi connectivity index (χ1) is 7.79. The number of hydrogen-bond acceptors (Lipinski definition) is 3. The monoisotopic (exact) mass is 216 g/mol. The number of benzene rings is 1. The Morgan fingerprint density at radius 3 is 2.75 bits per heavy atom. The summed E-state index contributed by atoms with van der Waals surface area (Å²) >= 11 is 0. The molecule has 16 heavy (non-hydrogen) atoms. The Labute approximate surface area is 95.5 Å². The lowest BCUT2D eigenvalue weighted by Crippen LogP contribution is -2.11. The van der Waals surface area contributed by atoms with Crippen LogP contribution < -0.4 is 5.32 Å². The summed E-state index contributed by atoms with van der Waals surface area (Å²) in [5.74, 6) is 1.65. The van der Waals surface area contributed by atoms with Crippen LogP contribution in [0.15, 0.2) is 40.9 Å². The van der Waals surface area contributed by atoms with Gasteiger partial charge in [-0.25, -0.2) is 4.98 Å². The Bertz CT molecular complexity index is 436. The molecule has 1 N–H and O–H groups in total. The number of nitrogens with one attached hydrogen (secondary N) is 1. The summed E-state index contributed by atoms with van der Waals surface area (Å²) in [6, 6.07) is 10.4. The summed E-state index contributed by atoms with van der Waals surface area (Å²) in [6.07, 6.45) is 2.54. The van der Waals surface area contributed by atoms with Gasteiger partial charge in [0.25, 0.3) is 0 Å². The fourth-order valence-electron chi connectivity index (χ4n) is 1.52. The molecule has 0 fully saturated rings. The van der Waals surface area contributed by atoms with Gasteiger partial charge in [0, 0.05) is 6.42 Å². The second kappa shape index (κ2) is 4.94. The molecule has 0 saturated carbocycles. The Hall–Kier alpha value is -1.61. The number of hydrogen-bond donors (Lipinski definition) is 1. The second-order valence-corrected chi connectivity index (χ2v) is 3.83. The third-order valence-corrected chi connectivity index (χ3v) is 2.63. The van der Waals surface area contributed by atoms with E-state index < -0.39 is 0 Å². The molecule has 0 radical (unpaired) electrons. The van der Waals surface area contributed by atoms with Crippen molar-refractivity contribution in [3.05, 3.63) is 53.7 Å². The van der Waals surface area contributed by atoms with Crippen LogP contribution in [-0.4, -0.2) is 12.0 Å². The Morgan fingerprint density at radius 1 is 1.31 bits per heavy atom. The molecule has 84 valence electrons. The van der Waals surface area contributed by atoms with Gasteiger partial charge in [-0.15, -0.1) is 0 Å². The zero-order valence-electron chi connectivity index (χ0n) is 9.60. The molecule has 0 bridgehead atoms. The highest BCUT2D eigenvalue weighted by Gasteiger charge is 2.09. The maximum absolute atomic E-state index is 5.67. The third-order valence-electron chi connectivity index (χ3n) is 2.63. The van der Waals surface area contributed by atoms with E-state index in [2.05, 4.69) is 22.4 Å². The zero-order chi connectivity index (χ0) is 11.4. The maximum atomic E-state index is 5.67. The molecule has 1 heterocycles. The van der Waals surface area contributed by atoms with Crippen LogP contribution in [-0.2, 0) is 6.42 Å². The molecule has 0 aliphatic rings. The van der Waals surface area contributed by atoms with Gasteiger partial charge in [0.15, 0.2) is 5.89 Å². The Morgan fingerprint density at radius 2 is 2.06 bits per heavy atom. The third kappa shape index (κ3) is 2.49. The van der Waals surface area contributed by atoms with E-state index in [0.717, 1.165) is 18.1 Å². The smallest absolute Gasteiger partial charge is 0.198 e. The molecule has 2 rings (SSSR count). The topological polar surface area (TPSA) is 38.1 Å². The highest BCUT2D eigenvalue weighted by molar-refractivity contribution is 5.18. The average molecular weight is 216 g/mol. The second-order valence-electron chi connectivity index (χ2n) is 3.83. The van der Waals surface area contributed by atoms with Gasteiger partial charge in [0.1, 0.15) is 5.76 Å². The van der Waals surface area contributed by atoms with Gasteiger partial charge in [-0.2, -0.15) is 0 Å². The van der Waals surface area contributed by atoms with Crippen LogP contribution in [0.4, 0.5) is 0 Å². The van der Waals surface area contributed by atoms with E-state index in [1.54, 1.807) is 6.20 Å². The van der Waals surface area contributed by atoms with Crippen LogP contribution in [0, 0.1) is 0 Å². The van der Waals surface area contributed by atoms with Crippen molar-refractivity contribution < 1.29 is 4.42 Å². The number of rotatable bonds is 4. The van der Waals surface area contributed by atoms with Crippen LogP contribution >= 0.6 is 0 Å². The summed E-state index contributed by atoms with van der Waals surface area (Å²) < 4.78 is 5.67. The van der Waals surface area contributed by atoms with Crippen LogP contribution in [0.5, 0.6) is 0 Å². The van der Waals surface area contributed by atoms with Crippen molar-refractivity contribution in [2.24, 2.45) is 0 Å². The molecule has 1 atom stereocenters. The Balaban J connectivity index is 2.09. The normalized spacial score (nSPS) is 12.6. The molecule has 3 nitrogen and oxygen atoms in total. The van der Waals surface area contributed by atoms with Crippen LogP contribution in [0.2, 0.25) is 0 Å². The molecule has 3 heteroatoms. The zero-order valence-corrected chi connectivity index (χ0v) is 9.60. The lowest BCUT2D eigenvalue weighted by Gasteiger charge is -2.04. The van der Waals surface area contributed by atoms with E-state index in [-0.39, 0.29) is 6.04 Å². The van der Waals surface area contributed by atoms with Gasteiger partial charge in [0.05, 0.1) is 12.2 Å². The van der Waals surface area contributed by atoms with E-state index in [1.807, 2.05) is 32.2 Å². The lowest BCUT2D eigenvalue weighted by molar-refractivity contribution is 0.420. The first kappa shape index (κ1) is 10.9. The molecule has 0 aliphatic carbocycles. The molecule has 1 aromatic heterocycles. The quantitative estimate of drug-likeness (QED) is 0.853. The van der Waals surface area contributed by atoms with Gasteiger partial charge in [-0.3, -0.25) is 0 Å². The lowest BCUT2D eigenvalue weighted by atomic mass is 10.2. The van der Waals surface area contributed by atoms with Crippen molar-refractivity contribution in [2.45, 2.75) is 19.4 Å². The van der Waals surface area contributed by atoms with E-state index in [9.17, 15) is 0 Å². The first-order valence-corrected chi connectivity index (χ1v) is 5.45. The molecule has 0 amide bonds. The van der Waals surface area contributed by atoms with Gasteiger partial charge in [-0.1, -0.05) is 30.3 Å². The molecular formula is C13H16N2O. The molecule has 1 unspecified atom stereocenters. The van der Waals surface area contributed by atoms with Crippen molar-refractivity contribution >= 4 is 0 Å². The summed E-state index contributed by atoms with van der Waals surface area (Å²) in [5, 5.41) is 3.12. The van der Waals surface area contributed by atoms with Crippen molar-refractivity contribution in [2.75, 3.05) is 7.05 Å². The summed E-state index contributed by atoms with van der Waals surface area (Å²) in [7, 11) is 1.91. The summed E-state index contributed by atoms with van der Waals surface area (Å²) in [4.78, 5) is 4.27. The minimum atomic E-state index is 0.206. The minimum Gasteiger partial charge on any atom is -0.444 e. The largest absolute Gasteiger partial charge is 0.444 e. The minimum absolute atomic E-state index is 0.206. The molecule has 1 aromatic carbocycles. The van der Waals surface area contributed by atoms with Crippen LogP contribution in [0.1, 0.15) is 30.2 Å². The predicted molar refractivity (Wildman–Crippen MR) is 63.2 cm³/mol. The summed E-state index contributed by atoms with van der Waals surface area (Å²) in [5.41, 5.74) is 1.22. The predicted octanol–water partition coefficient (Wildman–Crippen LogP) is 2.55. The van der Waals surface area contributed by atoms with E-state index in [0.29, 0.717) is 0 Å². The van der Waals surface area contributed by atoms with Gasteiger partial charge in [0.2, 0.25) is 0 Å². The number of oxazole rings is 1. The fourth-order valence-corrected chi connectivity index (χ4v) is 1.52. The average Bonchev–Trinajstić information content (AvgIpc) is 2.78. The standard InChI is InChI=1S/C13H16N2O/c1-10(14-2)12-9-15-13(16-12)8-11-6-4-3-5-7-11/h3-7,9-10,14H,8H2,1-2H3. The van der Waals surface area contributed by atoms with Crippen molar-refractivity contribution in [3.8, 4) is 0 Å². The number of nitrogens with zero attached hydrogens (tertiary/aromatic N) is 1. The highest BCUT2D eigenvalue weighted by Crippen LogP contribution is 2.15. The molecule has 0 aliphatic heterocycles. The highest BCUT2D eigenvalue weighted by atomic mass is 16.4. The van der Waals surface area contributed by atoms with Crippen LogP contribution in [0.3, 0.4) is 0 Å². The summed E-state index contributed by atoms with van der Waals surface area (Å²) in [6.45, 7) is 2.05. The van der Waals surface area contributed by atoms with E-state index in [4.69, 9.17) is 4.42 Å². The number of aromatic nitrogens is 1. The van der Waals surface area contributed by atoms with Crippen molar-refractivity contribution in [1.29, 1.82) is 0 Å². The maximum Gasteiger partial charge on any atom is 0.198 e. The SMILES string of the molecule is CNC(C)c1cnc(Cc2ccccc2)o1. The molecule has 0 spiro atoms. The fraction of sp³-hybridized carbons (Fsp3) is 0.308. The van der Waals surface area contributed by atoms with Gasteiger partial charge < -0.3 is 9.73 Å². The van der Waals surface area contributed by atoms with Crippen molar-refractivity contribution in [3.63, 3.8) is 0 Å². The first-order valence-electron chi connectivity index (χ1n) is 5.45.